The maximum absolute atomic E-state index is 12.4. The minimum Gasteiger partial charge on any atom is -0.496 e. The van der Waals surface area contributed by atoms with Crippen molar-refractivity contribution < 1.29 is 9.15 Å². The highest BCUT2D eigenvalue weighted by Crippen LogP contribution is 2.38. The van der Waals surface area contributed by atoms with E-state index in [-0.39, 0.29) is 5.69 Å². The summed E-state index contributed by atoms with van der Waals surface area (Å²) in [5, 5.41) is 11.3. The third-order valence-electron chi connectivity index (χ3n) is 6.18. The van der Waals surface area contributed by atoms with Crippen LogP contribution in [-0.4, -0.2) is 53.0 Å². The lowest BCUT2D eigenvalue weighted by atomic mass is 9.95. The quantitative estimate of drug-likeness (QED) is 0.249. The Morgan fingerprint density at radius 3 is 2.78 bits per heavy atom. The van der Waals surface area contributed by atoms with Crippen molar-refractivity contribution in [3.8, 4) is 16.9 Å². The van der Waals surface area contributed by atoms with Crippen molar-refractivity contribution >= 4 is 28.3 Å². The number of hydrogen-bond acceptors (Lipinski definition) is 7. The number of fused-ring (bicyclic) bond motifs is 3. The van der Waals surface area contributed by atoms with Gasteiger partial charge in [-0.3, -0.25) is 0 Å². The fourth-order valence-corrected chi connectivity index (χ4v) is 5.37. The maximum atomic E-state index is 12.4. The second-order valence-electron chi connectivity index (χ2n) is 9.13. The molecule has 3 heterocycles. The average Bonchev–Trinajstić information content (AvgIpc) is 3.51. The van der Waals surface area contributed by atoms with Crippen molar-refractivity contribution in [3.63, 3.8) is 0 Å². The molecule has 192 valence electrons. The van der Waals surface area contributed by atoms with Gasteiger partial charge in [-0.2, -0.15) is 16.9 Å². The average molecular weight is 518 g/mol. The summed E-state index contributed by atoms with van der Waals surface area (Å²) in [6, 6.07) is 20.0. The van der Waals surface area contributed by atoms with Crippen molar-refractivity contribution in [2.75, 3.05) is 33.5 Å². The first-order valence-electron chi connectivity index (χ1n) is 12.2. The van der Waals surface area contributed by atoms with Crippen molar-refractivity contribution in [1.82, 2.24) is 24.8 Å². The lowest BCUT2D eigenvalue weighted by Gasteiger charge is -2.17. The van der Waals surface area contributed by atoms with Crippen LogP contribution in [0.25, 0.3) is 27.7 Å². The van der Waals surface area contributed by atoms with Gasteiger partial charge in [0.05, 0.1) is 24.9 Å². The zero-order valence-electron chi connectivity index (χ0n) is 21.3. The molecule has 37 heavy (non-hydrogen) atoms. The highest BCUT2D eigenvalue weighted by Gasteiger charge is 2.17. The van der Waals surface area contributed by atoms with Gasteiger partial charge in [-0.1, -0.05) is 30.3 Å². The molecular weight excluding hydrogens is 486 g/mol. The highest BCUT2D eigenvalue weighted by molar-refractivity contribution is 7.98. The minimum atomic E-state index is -0.249. The van der Waals surface area contributed by atoms with Crippen LogP contribution in [0.15, 0.2) is 69.9 Å². The molecule has 0 atom stereocenters. The summed E-state index contributed by atoms with van der Waals surface area (Å²) in [7, 11) is 5.76. The van der Waals surface area contributed by atoms with Crippen LogP contribution in [0.1, 0.15) is 17.1 Å². The molecule has 0 fully saturated rings. The molecule has 3 aromatic heterocycles. The zero-order chi connectivity index (χ0) is 25.8. The van der Waals surface area contributed by atoms with Crippen LogP contribution >= 0.6 is 11.8 Å². The van der Waals surface area contributed by atoms with E-state index in [2.05, 4.69) is 38.6 Å². The molecule has 0 radical (unpaired) electrons. The lowest BCUT2D eigenvalue weighted by Crippen LogP contribution is -2.17. The molecule has 0 spiro atoms. The Kier molecular flexibility index (Phi) is 7.64. The van der Waals surface area contributed by atoms with Gasteiger partial charge in [-0.15, -0.1) is 0 Å². The number of nitrogens with one attached hydrogen (secondary N) is 2. The third kappa shape index (κ3) is 5.44. The number of ether oxygens (including phenoxy) is 1. The molecule has 5 aromatic rings. The molecule has 5 rings (SSSR count). The van der Waals surface area contributed by atoms with Crippen LogP contribution in [0.4, 0.5) is 0 Å². The van der Waals surface area contributed by atoms with Crippen LogP contribution in [0.2, 0.25) is 0 Å². The van der Waals surface area contributed by atoms with Crippen LogP contribution < -0.4 is 15.7 Å². The molecule has 2 aromatic carbocycles. The Morgan fingerprint density at radius 1 is 1.11 bits per heavy atom. The number of aromatic amines is 1. The first kappa shape index (κ1) is 25.1. The van der Waals surface area contributed by atoms with E-state index in [1.807, 2.05) is 68.3 Å². The molecule has 0 aliphatic carbocycles. The van der Waals surface area contributed by atoms with Crippen molar-refractivity contribution in [2.24, 2.45) is 0 Å². The Labute approximate surface area is 219 Å². The number of pyridine rings is 1. The minimum absolute atomic E-state index is 0.249. The molecule has 0 unspecified atom stereocenters. The number of para-hydroxylation sites is 1. The van der Waals surface area contributed by atoms with Gasteiger partial charge in [0.25, 0.3) is 0 Å². The Bertz CT molecular complexity index is 1570. The van der Waals surface area contributed by atoms with Gasteiger partial charge in [-0.05, 0) is 55.6 Å². The van der Waals surface area contributed by atoms with E-state index in [9.17, 15) is 4.79 Å². The van der Waals surface area contributed by atoms with E-state index in [0.717, 1.165) is 69.5 Å². The Morgan fingerprint density at radius 2 is 1.95 bits per heavy atom. The van der Waals surface area contributed by atoms with Gasteiger partial charge in [0, 0.05) is 29.8 Å². The van der Waals surface area contributed by atoms with Crippen molar-refractivity contribution in [1.29, 1.82) is 0 Å². The summed E-state index contributed by atoms with van der Waals surface area (Å²) in [6.07, 6.45) is 0. The van der Waals surface area contributed by atoms with E-state index >= 15 is 0 Å². The SMILES string of the molecule is COc1cccc(CNCCSCc2ccc(CN(C)C)o2)c1-c1cc2n[nH]c(=O)n2c2ccccc12. The molecule has 2 N–H and O–H groups in total. The molecule has 0 bridgehead atoms. The van der Waals surface area contributed by atoms with Crippen LogP contribution in [0.3, 0.4) is 0 Å². The molecule has 8 nitrogen and oxygen atoms in total. The molecule has 0 saturated carbocycles. The number of furan rings is 1. The number of thioether (sulfide) groups is 1. The second-order valence-corrected chi connectivity index (χ2v) is 10.2. The molecule has 0 aliphatic rings. The summed E-state index contributed by atoms with van der Waals surface area (Å²) in [4.78, 5) is 14.5. The van der Waals surface area contributed by atoms with Gasteiger partial charge in [0.15, 0.2) is 5.65 Å². The summed E-state index contributed by atoms with van der Waals surface area (Å²) in [5.41, 5.74) is 4.24. The van der Waals surface area contributed by atoms with E-state index < -0.39 is 0 Å². The van der Waals surface area contributed by atoms with Crippen LogP contribution in [0, 0.1) is 0 Å². The molecular formula is C28H31N5O3S. The van der Waals surface area contributed by atoms with Crippen molar-refractivity contribution in [2.45, 2.75) is 18.8 Å². The van der Waals surface area contributed by atoms with E-state index in [4.69, 9.17) is 9.15 Å². The maximum Gasteiger partial charge on any atom is 0.348 e. The predicted molar refractivity (Wildman–Crippen MR) is 149 cm³/mol. The van der Waals surface area contributed by atoms with Gasteiger partial charge < -0.3 is 19.4 Å². The van der Waals surface area contributed by atoms with E-state index in [1.54, 1.807) is 11.5 Å². The molecule has 0 amide bonds. The second kappa shape index (κ2) is 11.2. The zero-order valence-corrected chi connectivity index (χ0v) is 22.1. The monoisotopic (exact) mass is 517 g/mol. The number of nitrogens with zero attached hydrogens (tertiary/aromatic N) is 3. The smallest absolute Gasteiger partial charge is 0.348 e. The van der Waals surface area contributed by atoms with Crippen LogP contribution in [-0.2, 0) is 18.8 Å². The van der Waals surface area contributed by atoms with Gasteiger partial charge in [0.2, 0.25) is 0 Å². The number of aromatic nitrogens is 3. The number of benzene rings is 2. The highest BCUT2D eigenvalue weighted by atomic mass is 32.2. The third-order valence-corrected chi connectivity index (χ3v) is 7.16. The largest absolute Gasteiger partial charge is 0.496 e. The van der Waals surface area contributed by atoms with Gasteiger partial charge in [0.1, 0.15) is 17.3 Å². The summed E-state index contributed by atoms with van der Waals surface area (Å²) in [5.74, 6) is 4.61. The summed E-state index contributed by atoms with van der Waals surface area (Å²) in [6.45, 7) is 2.36. The lowest BCUT2D eigenvalue weighted by molar-refractivity contribution is 0.344. The normalized spacial score (nSPS) is 11.7. The van der Waals surface area contributed by atoms with Crippen LogP contribution in [0.5, 0.6) is 5.75 Å². The number of hydrogen-bond donors (Lipinski definition) is 2. The Balaban J connectivity index is 1.31. The Hall–Kier alpha value is -3.53. The predicted octanol–water partition coefficient (Wildman–Crippen LogP) is 4.53. The molecule has 9 heteroatoms. The number of rotatable bonds is 11. The molecule has 0 saturated heterocycles. The summed E-state index contributed by atoms with van der Waals surface area (Å²) >= 11 is 1.85. The number of H-pyrrole nitrogens is 1. The fraction of sp³-hybridized carbons (Fsp3) is 0.286. The van der Waals surface area contributed by atoms with Gasteiger partial charge >= 0.3 is 5.69 Å². The summed E-state index contributed by atoms with van der Waals surface area (Å²) < 4.78 is 13.3. The van der Waals surface area contributed by atoms with Crippen molar-refractivity contribution in [3.05, 3.63) is 88.2 Å². The van der Waals surface area contributed by atoms with E-state index in [0.29, 0.717) is 12.2 Å². The topological polar surface area (TPSA) is 87.8 Å². The van der Waals surface area contributed by atoms with Gasteiger partial charge in [-0.25, -0.2) is 14.3 Å². The standard InChI is InChI=1S/C28H31N5O3S/c1-32(2)17-20-11-12-21(36-20)18-37-14-13-29-16-19-7-6-10-25(35-3)27(19)23-15-26-30-31-28(34)33(26)24-9-5-4-8-22(23)24/h4-12,15,29H,13-14,16-18H2,1-3H3,(H,31,34). The fourth-order valence-electron chi connectivity index (χ4n) is 4.59. The first-order chi connectivity index (χ1) is 18.0. The number of methoxy groups -OCH3 is 1. The molecule has 0 aliphatic heterocycles. The first-order valence-corrected chi connectivity index (χ1v) is 13.4. The van der Waals surface area contributed by atoms with E-state index in [1.165, 1.54) is 0 Å².